The number of allylic oxidation sites excluding steroid dienone is 16. The van der Waals surface area contributed by atoms with Crippen LogP contribution < -0.4 is 0 Å². The van der Waals surface area contributed by atoms with E-state index in [4.69, 9.17) is 18.5 Å². The van der Waals surface area contributed by atoms with Crippen LogP contribution in [0.5, 0.6) is 0 Å². The number of nitrogens with zero attached hydrogens (tertiary/aromatic N) is 1. The molecule has 302 valence electrons. The lowest BCUT2D eigenvalue weighted by Gasteiger charge is -2.24. The first-order chi connectivity index (χ1) is 25.6. The minimum Gasteiger partial charge on any atom is -0.457 e. The van der Waals surface area contributed by atoms with E-state index in [2.05, 4.69) is 111 Å². The molecular weight excluding hydrogens is 685 g/mol. The fourth-order valence-corrected chi connectivity index (χ4v) is 5.33. The molecule has 0 fully saturated rings. The highest BCUT2D eigenvalue weighted by atomic mass is 31.2. The van der Waals surface area contributed by atoms with Crippen molar-refractivity contribution in [3.8, 4) is 0 Å². The Labute approximate surface area is 324 Å². The molecule has 0 saturated carbocycles. The van der Waals surface area contributed by atoms with Crippen LogP contribution in [0.15, 0.2) is 97.2 Å². The SMILES string of the molecule is CC/C=C\C/C=C\C/C=C\C/C=C\C/C=C\CCCCOCC(COP(=O)(O)OCC[N+](C)(C)C)OC(=O)CCCCC/C=C\C/C=C\C/C=C\CC. The van der Waals surface area contributed by atoms with Crippen molar-refractivity contribution < 1.29 is 37.3 Å². The summed E-state index contributed by atoms with van der Waals surface area (Å²) in [5.41, 5.74) is 0. The number of hydrogen-bond donors (Lipinski definition) is 1. The number of phosphoric ester groups is 1. The monoisotopic (exact) mass is 761 g/mol. The highest BCUT2D eigenvalue weighted by molar-refractivity contribution is 7.47. The summed E-state index contributed by atoms with van der Waals surface area (Å²) in [6, 6.07) is 0. The van der Waals surface area contributed by atoms with E-state index in [-0.39, 0.29) is 32.2 Å². The summed E-state index contributed by atoms with van der Waals surface area (Å²) in [6.07, 6.45) is 48.8. The van der Waals surface area contributed by atoms with Crippen molar-refractivity contribution in [1.29, 1.82) is 0 Å². The summed E-state index contributed by atoms with van der Waals surface area (Å²) in [7, 11) is 1.60. The Balaban J connectivity index is 4.44. The summed E-state index contributed by atoms with van der Waals surface area (Å²) in [4.78, 5) is 22.8. The summed E-state index contributed by atoms with van der Waals surface area (Å²) in [6.45, 7) is 5.19. The number of likely N-dealkylation sites (N-methyl/N-ethyl adjacent to an activating group) is 1. The Hall–Kier alpha value is -2.58. The Bertz CT molecular complexity index is 1160. The molecule has 0 rings (SSSR count). The Morgan fingerprint density at radius 3 is 1.51 bits per heavy atom. The van der Waals surface area contributed by atoms with Gasteiger partial charge < -0.3 is 18.9 Å². The molecule has 2 atom stereocenters. The fourth-order valence-electron chi connectivity index (χ4n) is 4.59. The van der Waals surface area contributed by atoms with Crippen LogP contribution in [-0.4, -0.2) is 75.6 Å². The van der Waals surface area contributed by atoms with Crippen LogP contribution >= 0.6 is 7.82 Å². The lowest BCUT2D eigenvalue weighted by Crippen LogP contribution is -2.37. The third-order valence-electron chi connectivity index (χ3n) is 7.64. The van der Waals surface area contributed by atoms with Crippen LogP contribution in [0.25, 0.3) is 0 Å². The van der Waals surface area contributed by atoms with Gasteiger partial charge in [0.05, 0.1) is 34.4 Å². The van der Waals surface area contributed by atoms with Crippen molar-refractivity contribution in [3.05, 3.63) is 97.2 Å². The van der Waals surface area contributed by atoms with Crippen LogP contribution in [0.4, 0.5) is 0 Å². The normalized spacial score (nSPS) is 14.9. The Morgan fingerprint density at radius 2 is 1.04 bits per heavy atom. The van der Waals surface area contributed by atoms with Crippen LogP contribution in [0, 0.1) is 0 Å². The van der Waals surface area contributed by atoms with E-state index >= 15 is 0 Å². The molecular formula is C44H75NO7P+. The maximum absolute atomic E-state index is 12.6. The van der Waals surface area contributed by atoms with Crippen LogP contribution in [0.2, 0.25) is 0 Å². The number of unbranched alkanes of at least 4 members (excludes halogenated alkanes) is 5. The van der Waals surface area contributed by atoms with Gasteiger partial charge in [-0.2, -0.15) is 0 Å². The number of carbonyl (C=O) groups is 1. The maximum Gasteiger partial charge on any atom is 0.472 e. The molecule has 0 aliphatic carbocycles. The van der Waals surface area contributed by atoms with Crippen molar-refractivity contribution >= 4 is 13.8 Å². The minimum atomic E-state index is -4.30. The average Bonchev–Trinajstić information content (AvgIpc) is 3.11. The van der Waals surface area contributed by atoms with E-state index in [1.54, 1.807) is 0 Å². The van der Waals surface area contributed by atoms with Gasteiger partial charge in [0.25, 0.3) is 0 Å². The van der Waals surface area contributed by atoms with Gasteiger partial charge in [-0.05, 0) is 89.9 Å². The van der Waals surface area contributed by atoms with Gasteiger partial charge in [-0.25, -0.2) is 4.57 Å². The topological polar surface area (TPSA) is 91.3 Å². The van der Waals surface area contributed by atoms with Crippen molar-refractivity contribution in [1.82, 2.24) is 0 Å². The summed E-state index contributed by atoms with van der Waals surface area (Å²) < 4.78 is 34.8. The van der Waals surface area contributed by atoms with Crippen LogP contribution in [-0.2, 0) is 27.9 Å². The molecule has 0 aromatic rings. The molecule has 0 radical (unpaired) electrons. The predicted molar refractivity (Wildman–Crippen MR) is 224 cm³/mol. The lowest BCUT2D eigenvalue weighted by molar-refractivity contribution is -0.870. The Morgan fingerprint density at radius 1 is 0.585 bits per heavy atom. The van der Waals surface area contributed by atoms with Gasteiger partial charge in [0.1, 0.15) is 19.3 Å². The van der Waals surface area contributed by atoms with Crippen molar-refractivity contribution in [2.45, 2.75) is 123 Å². The zero-order valence-electron chi connectivity index (χ0n) is 34.0. The van der Waals surface area contributed by atoms with Gasteiger partial charge in [-0.15, -0.1) is 0 Å². The fraction of sp³-hybridized carbons (Fsp3) is 0.614. The number of esters is 1. The largest absolute Gasteiger partial charge is 0.472 e. The van der Waals surface area contributed by atoms with Gasteiger partial charge in [0, 0.05) is 13.0 Å². The molecule has 0 amide bonds. The number of rotatable bonds is 35. The highest BCUT2D eigenvalue weighted by Crippen LogP contribution is 2.43. The number of ether oxygens (including phenoxy) is 2. The van der Waals surface area contributed by atoms with Gasteiger partial charge >= 0.3 is 13.8 Å². The molecule has 0 bridgehead atoms. The third-order valence-corrected chi connectivity index (χ3v) is 8.63. The summed E-state index contributed by atoms with van der Waals surface area (Å²) >= 11 is 0. The molecule has 0 aliphatic heterocycles. The quantitative estimate of drug-likeness (QED) is 0.0226. The molecule has 0 aromatic carbocycles. The number of phosphoric acid groups is 1. The van der Waals surface area contributed by atoms with Gasteiger partial charge in [0.15, 0.2) is 0 Å². The van der Waals surface area contributed by atoms with E-state index in [9.17, 15) is 14.3 Å². The van der Waals surface area contributed by atoms with Crippen LogP contribution in [0.3, 0.4) is 0 Å². The highest BCUT2D eigenvalue weighted by Gasteiger charge is 2.26. The lowest BCUT2D eigenvalue weighted by atomic mass is 10.1. The first-order valence-electron chi connectivity index (χ1n) is 20.0. The van der Waals surface area contributed by atoms with Gasteiger partial charge in [0.2, 0.25) is 0 Å². The smallest absolute Gasteiger partial charge is 0.457 e. The predicted octanol–water partition coefficient (Wildman–Crippen LogP) is 11.5. The van der Waals surface area contributed by atoms with E-state index in [0.717, 1.165) is 89.9 Å². The molecule has 0 heterocycles. The molecule has 0 aliphatic rings. The maximum atomic E-state index is 12.6. The molecule has 0 aromatic heterocycles. The molecule has 9 heteroatoms. The zero-order chi connectivity index (χ0) is 39.1. The van der Waals surface area contributed by atoms with E-state index in [0.29, 0.717) is 24.1 Å². The Kier molecular flexibility index (Phi) is 34.6. The van der Waals surface area contributed by atoms with E-state index in [1.165, 1.54) is 0 Å². The molecule has 1 N–H and O–H groups in total. The van der Waals surface area contributed by atoms with Gasteiger partial charge in [-0.1, -0.05) is 117 Å². The number of quaternary nitrogens is 1. The standard InChI is InChI=1S/C44H74NO7P/c1-6-8-10-12-14-16-18-20-21-22-23-24-26-28-30-32-34-36-39-49-41-43(42-51-53(47,48)50-40-38-45(3,4)5)52-44(46)37-35-33-31-29-27-25-19-17-15-13-11-9-7-2/h8-11,14-17,20-21,23-25,27-28,30,43H,6-7,12-13,18-19,22,26,29,31-42H2,1-5H3/p+1/b10-8-,11-9-,16-14-,17-15-,21-20-,24-23-,27-25-,30-28-. The van der Waals surface area contributed by atoms with E-state index < -0.39 is 13.9 Å². The molecule has 2 unspecified atom stereocenters. The number of hydrogen-bond acceptors (Lipinski definition) is 6. The average molecular weight is 761 g/mol. The first-order valence-corrected chi connectivity index (χ1v) is 21.5. The van der Waals surface area contributed by atoms with Gasteiger partial charge in [-0.3, -0.25) is 13.8 Å². The van der Waals surface area contributed by atoms with Crippen LogP contribution in [0.1, 0.15) is 117 Å². The summed E-state index contributed by atoms with van der Waals surface area (Å²) in [5.74, 6) is -0.364. The second-order valence-corrected chi connectivity index (χ2v) is 15.3. The third kappa shape index (κ3) is 40.4. The molecule has 0 spiro atoms. The van der Waals surface area contributed by atoms with Crippen molar-refractivity contribution in [2.75, 3.05) is 54.1 Å². The molecule has 53 heavy (non-hydrogen) atoms. The van der Waals surface area contributed by atoms with Crippen molar-refractivity contribution in [3.63, 3.8) is 0 Å². The molecule has 8 nitrogen and oxygen atoms in total. The zero-order valence-corrected chi connectivity index (χ0v) is 34.8. The first kappa shape index (κ1) is 50.4. The second-order valence-electron chi connectivity index (χ2n) is 13.9. The van der Waals surface area contributed by atoms with E-state index in [1.807, 2.05) is 21.1 Å². The minimum absolute atomic E-state index is 0.0681. The van der Waals surface area contributed by atoms with Crippen molar-refractivity contribution in [2.24, 2.45) is 0 Å². The number of carbonyl (C=O) groups excluding carboxylic acids is 1. The summed E-state index contributed by atoms with van der Waals surface area (Å²) in [5, 5.41) is 0. The molecule has 0 saturated heterocycles. The second kappa shape index (κ2) is 36.4.